The van der Waals surface area contributed by atoms with Gasteiger partial charge >= 0.3 is 0 Å². The molecule has 4 nitrogen and oxygen atoms in total. The molecule has 0 fully saturated rings. The van der Waals surface area contributed by atoms with Gasteiger partial charge in [-0.3, -0.25) is 0 Å². The number of furan rings is 1. The molecular weight excluding hydrogens is 526 g/mol. The first kappa shape index (κ1) is 22.8. The van der Waals surface area contributed by atoms with Crippen molar-refractivity contribution in [2.45, 2.75) is 0 Å². The van der Waals surface area contributed by atoms with E-state index in [2.05, 4.69) is 137 Å². The molecule has 4 heteroatoms. The van der Waals surface area contributed by atoms with Crippen LogP contribution < -0.4 is 0 Å². The van der Waals surface area contributed by atoms with Crippen LogP contribution in [0.15, 0.2) is 144 Å². The first-order valence-corrected chi connectivity index (χ1v) is 14.6. The maximum absolute atomic E-state index is 6.71. The lowest BCUT2D eigenvalue weighted by Crippen LogP contribution is -2.00. The van der Waals surface area contributed by atoms with Crippen LogP contribution in [0.2, 0.25) is 0 Å². The highest BCUT2D eigenvalue weighted by Crippen LogP contribution is 2.44. The van der Waals surface area contributed by atoms with Gasteiger partial charge in [0.25, 0.3) is 0 Å². The van der Waals surface area contributed by atoms with Crippen LogP contribution in [0.25, 0.3) is 88.0 Å². The Morgan fingerprint density at radius 2 is 1.00 bits per heavy atom. The smallest absolute Gasteiger partial charge is 0.178 e. The number of fused-ring (bicyclic) bond motifs is 11. The van der Waals surface area contributed by atoms with Crippen LogP contribution in [-0.2, 0) is 0 Å². The molecule has 0 unspecified atom stereocenters. The average molecular weight is 550 g/mol. The van der Waals surface area contributed by atoms with E-state index in [4.69, 9.17) is 9.40 Å². The molecule has 0 amide bonds. The topological polar surface area (TPSA) is 35.9 Å². The van der Waals surface area contributed by atoms with E-state index in [1.807, 2.05) is 12.1 Å². The third-order valence-corrected chi connectivity index (χ3v) is 8.88. The summed E-state index contributed by atoms with van der Waals surface area (Å²) in [6.07, 6.45) is 0. The molecule has 0 saturated heterocycles. The van der Waals surface area contributed by atoms with Gasteiger partial charge in [0.15, 0.2) is 5.58 Å². The second kappa shape index (κ2) is 8.34. The van der Waals surface area contributed by atoms with Crippen LogP contribution in [0.5, 0.6) is 0 Å². The fourth-order valence-corrected chi connectivity index (χ4v) is 7.12. The van der Waals surface area contributed by atoms with Gasteiger partial charge in [-0.05, 0) is 42.5 Å². The maximum Gasteiger partial charge on any atom is 0.178 e. The summed E-state index contributed by atoms with van der Waals surface area (Å²) in [6, 6.07) is 49.3. The number of benzene rings is 6. The van der Waals surface area contributed by atoms with Gasteiger partial charge in [-0.15, -0.1) is 0 Å². The lowest BCUT2D eigenvalue weighted by atomic mass is 10.1. The van der Waals surface area contributed by atoms with Gasteiger partial charge in [0.05, 0.1) is 27.6 Å². The van der Waals surface area contributed by atoms with Crippen molar-refractivity contribution in [3.8, 4) is 11.4 Å². The van der Waals surface area contributed by atoms with Gasteiger partial charge in [0.2, 0.25) is 0 Å². The van der Waals surface area contributed by atoms with Gasteiger partial charge in [0.1, 0.15) is 16.8 Å². The highest BCUT2D eigenvalue weighted by molar-refractivity contribution is 6.25. The van der Waals surface area contributed by atoms with Crippen LogP contribution >= 0.6 is 0 Å². The lowest BCUT2D eigenvalue weighted by Gasteiger charge is -2.14. The zero-order valence-corrected chi connectivity index (χ0v) is 23.0. The number of pyridine rings is 1. The lowest BCUT2D eigenvalue weighted by molar-refractivity contribution is 0.666. The molecule has 0 N–H and O–H groups in total. The van der Waals surface area contributed by atoms with Crippen molar-refractivity contribution in [2.24, 2.45) is 0 Å². The summed E-state index contributed by atoms with van der Waals surface area (Å²) >= 11 is 0. The van der Waals surface area contributed by atoms with Crippen molar-refractivity contribution in [3.63, 3.8) is 0 Å². The summed E-state index contributed by atoms with van der Waals surface area (Å²) in [6.45, 7) is 0. The minimum Gasteiger partial charge on any atom is -0.452 e. The molecule has 6 aromatic carbocycles. The van der Waals surface area contributed by atoms with Gasteiger partial charge in [-0.25, -0.2) is 4.98 Å². The highest BCUT2D eigenvalue weighted by Gasteiger charge is 2.25. The van der Waals surface area contributed by atoms with E-state index in [1.54, 1.807) is 0 Å². The van der Waals surface area contributed by atoms with E-state index in [0.717, 1.165) is 55.4 Å². The molecule has 10 aromatic rings. The van der Waals surface area contributed by atoms with E-state index in [0.29, 0.717) is 0 Å². The van der Waals surface area contributed by atoms with Gasteiger partial charge in [-0.1, -0.05) is 97.1 Å². The maximum atomic E-state index is 6.71. The Hall–Kier alpha value is -5.87. The first-order valence-electron chi connectivity index (χ1n) is 14.6. The number of hydrogen-bond donors (Lipinski definition) is 0. The Kier molecular flexibility index (Phi) is 4.42. The van der Waals surface area contributed by atoms with Gasteiger partial charge in [0, 0.05) is 38.0 Å². The van der Waals surface area contributed by atoms with Crippen LogP contribution in [0.1, 0.15) is 0 Å². The Bertz CT molecular complexity index is 2730. The summed E-state index contributed by atoms with van der Waals surface area (Å²) in [5.41, 5.74) is 10.2. The average Bonchev–Trinajstić information content (AvgIpc) is 3.72. The number of para-hydroxylation sites is 5. The predicted molar refractivity (Wildman–Crippen MR) is 178 cm³/mol. The monoisotopic (exact) mass is 549 g/mol. The molecule has 0 radical (unpaired) electrons. The SMILES string of the molecule is c1ccc(-n2c3ccccc3c3ccc4c5ccccc5n(-c5c6ccccc6nc6c5oc5ccccc56)c4c32)cc1. The zero-order valence-electron chi connectivity index (χ0n) is 23.0. The molecule has 0 bridgehead atoms. The minimum absolute atomic E-state index is 0.793. The van der Waals surface area contributed by atoms with Crippen molar-refractivity contribution in [2.75, 3.05) is 0 Å². The molecular formula is C39H23N3O. The second-order valence-corrected chi connectivity index (χ2v) is 11.2. The van der Waals surface area contributed by atoms with Gasteiger partial charge < -0.3 is 13.6 Å². The van der Waals surface area contributed by atoms with Gasteiger partial charge in [-0.2, -0.15) is 0 Å². The third-order valence-electron chi connectivity index (χ3n) is 8.88. The van der Waals surface area contributed by atoms with Crippen LogP contribution in [0.3, 0.4) is 0 Å². The predicted octanol–water partition coefficient (Wildman–Crippen LogP) is 10.3. The normalized spacial score (nSPS) is 12.2. The molecule has 4 aromatic heterocycles. The van der Waals surface area contributed by atoms with Crippen molar-refractivity contribution in [1.82, 2.24) is 14.1 Å². The Morgan fingerprint density at radius 3 is 1.74 bits per heavy atom. The fraction of sp³-hybridized carbons (Fsp3) is 0. The molecule has 10 rings (SSSR count). The summed E-state index contributed by atoms with van der Waals surface area (Å²) < 4.78 is 11.6. The Balaban J connectivity index is 1.53. The molecule has 4 heterocycles. The van der Waals surface area contributed by atoms with E-state index in [9.17, 15) is 0 Å². The highest BCUT2D eigenvalue weighted by atomic mass is 16.3. The van der Waals surface area contributed by atoms with Crippen molar-refractivity contribution in [1.29, 1.82) is 0 Å². The van der Waals surface area contributed by atoms with Crippen LogP contribution in [-0.4, -0.2) is 14.1 Å². The fourth-order valence-electron chi connectivity index (χ4n) is 7.12. The second-order valence-electron chi connectivity index (χ2n) is 11.2. The molecule has 43 heavy (non-hydrogen) atoms. The number of nitrogens with zero attached hydrogens (tertiary/aromatic N) is 3. The molecule has 0 aliphatic rings. The molecule has 0 spiro atoms. The van der Waals surface area contributed by atoms with Crippen molar-refractivity contribution < 1.29 is 4.42 Å². The summed E-state index contributed by atoms with van der Waals surface area (Å²) in [7, 11) is 0. The quantitative estimate of drug-likeness (QED) is 0.215. The summed E-state index contributed by atoms with van der Waals surface area (Å²) in [5.74, 6) is 0. The number of hydrogen-bond acceptors (Lipinski definition) is 2. The largest absolute Gasteiger partial charge is 0.452 e. The van der Waals surface area contributed by atoms with E-state index < -0.39 is 0 Å². The number of rotatable bonds is 2. The molecule has 200 valence electrons. The standard InChI is InChI=1S/C39H23N3O/c1-2-12-24(13-3-1)41-32-19-9-5-14-25(32)27-22-23-28-26-15-6-10-20-33(26)42(37(28)36(27)41)38-29-16-4-8-18-31(29)40-35-30-17-7-11-21-34(30)43-39(35)38/h1-23H. The zero-order chi connectivity index (χ0) is 28.1. The molecule has 0 saturated carbocycles. The first-order chi connectivity index (χ1) is 21.4. The number of aromatic nitrogens is 3. The van der Waals surface area contributed by atoms with Crippen molar-refractivity contribution in [3.05, 3.63) is 140 Å². The summed E-state index contributed by atoms with van der Waals surface area (Å²) in [5, 5.41) is 6.93. The Morgan fingerprint density at radius 1 is 0.442 bits per heavy atom. The Labute approximate surface area is 245 Å². The van der Waals surface area contributed by atoms with E-state index in [1.165, 1.54) is 32.6 Å². The van der Waals surface area contributed by atoms with Crippen molar-refractivity contribution >= 4 is 76.6 Å². The third kappa shape index (κ3) is 2.97. The molecule has 0 atom stereocenters. The summed E-state index contributed by atoms with van der Waals surface area (Å²) in [4.78, 5) is 5.15. The van der Waals surface area contributed by atoms with Crippen LogP contribution in [0, 0.1) is 0 Å². The van der Waals surface area contributed by atoms with E-state index in [-0.39, 0.29) is 0 Å². The molecule has 0 aliphatic heterocycles. The minimum atomic E-state index is 0.793. The van der Waals surface area contributed by atoms with Crippen LogP contribution in [0.4, 0.5) is 0 Å². The van der Waals surface area contributed by atoms with E-state index >= 15 is 0 Å². The molecule has 0 aliphatic carbocycles.